The molecule has 0 aliphatic carbocycles. The molecule has 0 atom stereocenters. The molecule has 98 valence electrons. The van der Waals surface area contributed by atoms with Gasteiger partial charge in [0.25, 0.3) is 5.69 Å². The lowest BCUT2D eigenvalue weighted by molar-refractivity contribution is -0.384. The summed E-state index contributed by atoms with van der Waals surface area (Å²) in [6.07, 6.45) is 0. The SMILES string of the molecule is O=[N+]([O-])c1ccccc1NCc1ccc(O)c(Br)c1. The Bertz CT molecular complexity index is 617. The maximum atomic E-state index is 10.9. The number of para-hydroxylation sites is 2. The van der Waals surface area contributed by atoms with Crippen molar-refractivity contribution >= 4 is 27.3 Å². The van der Waals surface area contributed by atoms with Crippen LogP contribution in [0.3, 0.4) is 0 Å². The Morgan fingerprint density at radius 3 is 2.68 bits per heavy atom. The fourth-order valence-corrected chi connectivity index (χ4v) is 2.07. The largest absolute Gasteiger partial charge is 0.507 e. The highest BCUT2D eigenvalue weighted by Crippen LogP contribution is 2.26. The first-order chi connectivity index (χ1) is 9.08. The monoisotopic (exact) mass is 322 g/mol. The van der Waals surface area contributed by atoms with Gasteiger partial charge in [-0.05, 0) is 39.7 Å². The lowest BCUT2D eigenvalue weighted by Crippen LogP contribution is -2.02. The van der Waals surface area contributed by atoms with Gasteiger partial charge in [0.1, 0.15) is 11.4 Å². The lowest BCUT2D eigenvalue weighted by Gasteiger charge is -2.08. The van der Waals surface area contributed by atoms with Gasteiger partial charge < -0.3 is 10.4 Å². The summed E-state index contributed by atoms with van der Waals surface area (Å²) in [7, 11) is 0. The third-order valence-electron chi connectivity index (χ3n) is 2.60. The van der Waals surface area contributed by atoms with E-state index >= 15 is 0 Å². The zero-order valence-corrected chi connectivity index (χ0v) is 11.4. The summed E-state index contributed by atoms with van der Waals surface area (Å²) in [5, 5.41) is 23.3. The van der Waals surface area contributed by atoms with Crippen molar-refractivity contribution in [1.82, 2.24) is 0 Å². The van der Waals surface area contributed by atoms with E-state index in [4.69, 9.17) is 0 Å². The van der Waals surface area contributed by atoms with Crippen LogP contribution < -0.4 is 5.32 Å². The molecule has 6 heteroatoms. The molecule has 0 fully saturated rings. The van der Waals surface area contributed by atoms with Crippen molar-refractivity contribution in [3.8, 4) is 5.75 Å². The van der Waals surface area contributed by atoms with E-state index in [2.05, 4.69) is 21.2 Å². The van der Waals surface area contributed by atoms with Gasteiger partial charge in [-0.15, -0.1) is 0 Å². The molecular formula is C13H11BrN2O3. The molecule has 0 aliphatic heterocycles. The van der Waals surface area contributed by atoms with Crippen molar-refractivity contribution < 1.29 is 10.0 Å². The fraction of sp³-hybridized carbons (Fsp3) is 0.0769. The van der Waals surface area contributed by atoms with Gasteiger partial charge in [-0.2, -0.15) is 0 Å². The Labute approximate surface area is 118 Å². The number of hydrogen-bond acceptors (Lipinski definition) is 4. The zero-order valence-electron chi connectivity index (χ0n) is 9.84. The third kappa shape index (κ3) is 3.23. The van der Waals surface area contributed by atoms with Crippen LogP contribution in [0.2, 0.25) is 0 Å². The molecule has 0 radical (unpaired) electrons. The molecule has 2 aromatic carbocycles. The highest BCUT2D eigenvalue weighted by atomic mass is 79.9. The maximum absolute atomic E-state index is 10.9. The van der Waals surface area contributed by atoms with Crippen LogP contribution >= 0.6 is 15.9 Å². The number of phenols is 1. The summed E-state index contributed by atoms with van der Waals surface area (Å²) in [6.45, 7) is 0.434. The van der Waals surface area contributed by atoms with Crippen molar-refractivity contribution in [2.75, 3.05) is 5.32 Å². The van der Waals surface area contributed by atoms with Gasteiger partial charge in [0.2, 0.25) is 0 Å². The molecule has 0 amide bonds. The number of hydrogen-bond donors (Lipinski definition) is 2. The fourth-order valence-electron chi connectivity index (χ4n) is 1.64. The van der Waals surface area contributed by atoms with Crippen LogP contribution in [0.15, 0.2) is 46.9 Å². The normalized spacial score (nSPS) is 10.2. The second-order valence-corrected chi connectivity index (χ2v) is 4.77. The van der Waals surface area contributed by atoms with Crippen molar-refractivity contribution in [1.29, 1.82) is 0 Å². The second kappa shape index (κ2) is 5.71. The van der Waals surface area contributed by atoms with E-state index in [0.717, 1.165) is 5.56 Å². The van der Waals surface area contributed by atoms with E-state index in [1.807, 2.05) is 0 Å². The van der Waals surface area contributed by atoms with Gasteiger partial charge in [-0.25, -0.2) is 0 Å². The van der Waals surface area contributed by atoms with Gasteiger partial charge in [0.15, 0.2) is 0 Å². The van der Waals surface area contributed by atoms with E-state index < -0.39 is 4.92 Å². The molecular weight excluding hydrogens is 312 g/mol. The first-order valence-electron chi connectivity index (χ1n) is 5.52. The first kappa shape index (κ1) is 13.4. The maximum Gasteiger partial charge on any atom is 0.292 e. The van der Waals surface area contributed by atoms with Crippen LogP contribution in [0, 0.1) is 10.1 Å². The minimum Gasteiger partial charge on any atom is -0.507 e. The number of anilines is 1. The number of phenolic OH excluding ortho intramolecular Hbond substituents is 1. The Kier molecular flexibility index (Phi) is 4.01. The molecule has 0 aliphatic rings. The molecule has 0 saturated carbocycles. The topological polar surface area (TPSA) is 75.4 Å². The van der Waals surface area contributed by atoms with Crippen LogP contribution in [-0.2, 0) is 6.54 Å². The summed E-state index contributed by atoms with van der Waals surface area (Å²) in [5.41, 5.74) is 1.42. The van der Waals surface area contributed by atoms with Crippen LogP contribution in [0.1, 0.15) is 5.56 Å². The number of nitrogens with one attached hydrogen (secondary N) is 1. The van der Waals surface area contributed by atoms with Crippen LogP contribution in [-0.4, -0.2) is 10.0 Å². The molecule has 2 rings (SSSR count). The second-order valence-electron chi connectivity index (χ2n) is 3.91. The van der Waals surface area contributed by atoms with E-state index in [0.29, 0.717) is 16.7 Å². The molecule has 0 saturated heterocycles. The number of rotatable bonds is 4. The number of nitrogens with zero attached hydrogens (tertiary/aromatic N) is 1. The van der Waals surface area contributed by atoms with Crippen LogP contribution in [0.4, 0.5) is 11.4 Å². The number of nitro benzene ring substituents is 1. The zero-order chi connectivity index (χ0) is 13.8. The minimum absolute atomic E-state index is 0.0420. The molecule has 0 heterocycles. The van der Waals surface area contributed by atoms with Crippen molar-refractivity contribution in [2.24, 2.45) is 0 Å². The molecule has 0 bridgehead atoms. The summed E-state index contributed by atoms with van der Waals surface area (Å²) in [6, 6.07) is 11.6. The van der Waals surface area contributed by atoms with Crippen molar-refractivity contribution in [3.63, 3.8) is 0 Å². The average molecular weight is 323 g/mol. The number of nitro groups is 1. The third-order valence-corrected chi connectivity index (χ3v) is 3.23. The molecule has 5 nitrogen and oxygen atoms in total. The number of aromatic hydroxyl groups is 1. The highest BCUT2D eigenvalue weighted by molar-refractivity contribution is 9.10. The van der Waals surface area contributed by atoms with Gasteiger partial charge in [0.05, 0.1) is 9.40 Å². The lowest BCUT2D eigenvalue weighted by atomic mass is 10.2. The molecule has 2 N–H and O–H groups in total. The molecule has 0 spiro atoms. The smallest absolute Gasteiger partial charge is 0.292 e. The number of halogens is 1. The Morgan fingerprint density at radius 2 is 2.00 bits per heavy atom. The quantitative estimate of drug-likeness (QED) is 0.665. The van der Waals surface area contributed by atoms with Gasteiger partial charge in [-0.3, -0.25) is 10.1 Å². The Morgan fingerprint density at radius 1 is 1.26 bits per heavy atom. The van der Waals surface area contributed by atoms with E-state index in [-0.39, 0.29) is 11.4 Å². The minimum atomic E-state index is -0.422. The summed E-state index contributed by atoms with van der Waals surface area (Å²) in [4.78, 5) is 10.4. The number of benzene rings is 2. The van der Waals surface area contributed by atoms with Crippen molar-refractivity contribution in [3.05, 3.63) is 62.6 Å². The molecule has 0 unspecified atom stereocenters. The predicted molar refractivity (Wildman–Crippen MR) is 76.2 cm³/mol. The predicted octanol–water partition coefficient (Wildman–Crippen LogP) is 3.68. The Balaban J connectivity index is 2.14. The summed E-state index contributed by atoms with van der Waals surface area (Å²) >= 11 is 3.22. The van der Waals surface area contributed by atoms with Gasteiger partial charge in [-0.1, -0.05) is 18.2 Å². The molecule has 0 aromatic heterocycles. The van der Waals surface area contributed by atoms with Crippen LogP contribution in [0.5, 0.6) is 5.75 Å². The first-order valence-corrected chi connectivity index (χ1v) is 6.32. The Hall–Kier alpha value is -2.08. The summed E-state index contributed by atoms with van der Waals surface area (Å²) < 4.78 is 0.592. The standard InChI is InChI=1S/C13H11BrN2O3/c14-10-7-9(5-6-13(10)17)8-15-11-3-1-2-4-12(11)16(18)19/h1-7,15,17H,8H2. The van der Waals surface area contributed by atoms with E-state index in [9.17, 15) is 15.2 Å². The van der Waals surface area contributed by atoms with E-state index in [1.54, 1.807) is 36.4 Å². The summed E-state index contributed by atoms with van der Waals surface area (Å²) in [5.74, 6) is 0.162. The van der Waals surface area contributed by atoms with Crippen molar-refractivity contribution in [2.45, 2.75) is 6.54 Å². The molecule has 19 heavy (non-hydrogen) atoms. The average Bonchev–Trinajstić information content (AvgIpc) is 2.40. The van der Waals surface area contributed by atoms with Gasteiger partial charge in [0, 0.05) is 12.6 Å². The van der Waals surface area contributed by atoms with E-state index in [1.165, 1.54) is 6.07 Å². The highest BCUT2D eigenvalue weighted by Gasteiger charge is 2.11. The molecule has 2 aromatic rings. The van der Waals surface area contributed by atoms with Gasteiger partial charge >= 0.3 is 0 Å². The van der Waals surface area contributed by atoms with Crippen LogP contribution in [0.25, 0.3) is 0 Å².